The van der Waals surface area contributed by atoms with Crippen molar-refractivity contribution in [1.29, 1.82) is 0 Å². The first-order chi connectivity index (χ1) is 11.2. The van der Waals surface area contributed by atoms with Gasteiger partial charge in [-0.15, -0.1) is 0 Å². The Bertz CT molecular complexity index is 659. The van der Waals surface area contributed by atoms with E-state index in [0.717, 1.165) is 32.5 Å². The van der Waals surface area contributed by atoms with Crippen molar-refractivity contribution in [2.24, 2.45) is 0 Å². The second-order valence-corrected chi connectivity index (χ2v) is 6.01. The highest BCUT2D eigenvalue weighted by molar-refractivity contribution is 6.33. The van der Waals surface area contributed by atoms with Crippen LogP contribution in [-0.2, 0) is 6.54 Å². The zero-order valence-electron chi connectivity index (χ0n) is 12.7. The molecule has 2 aromatic rings. The molecule has 1 saturated heterocycles. The second-order valence-electron chi connectivity index (χ2n) is 5.60. The number of hydrogen-bond acceptors (Lipinski definition) is 5. The van der Waals surface area contributed by atoms with Crippen molar-refractivity contribution in [3.63, 3.8) is 0 Å². The molecule has 3 heterocycles. The third kappa shape index (κ3) is 4.24. The van der Waals surface area contributed by atoms with Crippen LogP contribution in [0.25, 0.3) is 0 Å². The van der Waals surface area contributed by atoms with E-state index in [4.69, 9.17) is 11.6 Å². The van der Waals surface area contributed by atoms with Gasteiger partial charge in [-0.25, -0.2) is 9.97 Å². The minimum absolute atomic E-state index is 0.152. The van der Waals surface area contributed by atoms with Crippen LogP contribution >= 0.6 is 11.6 Å². The first kappa shape index (κ1) is 15.8. The van der Waals surface area contributed by atoms with Gasteiger partial charge in [-0.2, -0.15) is 0 Å². The number of piperidine rings is 1. The third-order valence-corrected chi connectivity index (χ3v) is 4.21. The van der Waals surface area contributed by atoms with Crippen LogP contribution in [0.2, 0.25) is 5.02 Å². The van der Waals surface area contributed by atoms with Crippen molar-refractivity contribution < 1.29 is 4.79 Å². The first-order valence-electron chi connectivity index (χ1n) is 7.60. The van der Waals surface area contributed by atoms with E-state index in [9.17, 15) is 4.79 Å². The van der Waals surface area contributed by atoms with E-state index in [-0.39, 0.29) is 22.7 Å². The van der Waals surface area contributed by atoms with Gasteiger partial charge in [0.2, 0.25) is 0 Å². The van der Waals surface area contributed by atoms with Gasteiger partial charge in [0.1, 0.15) is 12.0 Å². The van der Waals surface area contributed by atoms with Gasteiger partial charge in [-0.1, -0.05) is 17.7 Å². The van der Waals surface area contributed by atoms with Crippen LogP contribution in [0.3, 0.4) is 0 Å². The molecule has 120 valence electrons. The highest BCUT2D eigenvalue weighted by atomic mass is 35.5. The Morgan fingerprint density at radius 3 is 2.83 bits per heavy atom. The number of aromatic nitrogens is 3. The van der Waals surface area contributed by atoms with Crippen LogP contribution < -0.4 is 5.32 Å². The molecule has 7 heteroatoms. The molecule has 0 saturated carbocycles. The van der Waals surface area contributed by atoms with Crippen molar-refractivity contribution in [3.8, 4) is 0 Å². The number of nitrogens with one attached hydrogen (secondary N) is 1. The Morgan fingerprint density at radius 1 is 1.30 bits per heavy atom. The zero-order chi connectivity index (χ0) is 16.1. The molecule has 1 aliphatic heterocycles. The SMILES string of the molecule is O=C(NC1CCN(Cc2cccnc2)CC1)c1ncncc1Cl. The van der Waals surface area contributed by atoms with E-state index in [2.05, 4.69) is 31.2 Å². The standard InChI is InChI=1S/C16H18ClN5O/c17-14-9-19-11-20-15(14)16(23)21-13-3-6-22(7-4-13)10-12-2-1-5-18-8-12/h1-2,5,8-9,11,13H,3-4,6-7,10H2,(H,21,23). The van der Waals surface area contributed by atoms with Crippen LogP contribution in [0, 0.1) is 0 Å². The fraction of sp³-hybridized carbons (Fsp3) is 0.375. The fourth-order valence-electron chi connectivity index (χ4n) is 2.72. The topological polar surface area (TPSA) is 71.0 Å². The molecular formula is C16H18ClN5O. The minimum atomic E-state index is -0.233. The van der Waals surface area contributed by atoms with E-state index in [0.29, 0.717) is 0 Å². The molecule has 1 amide bonds. The predicted molar refractivity (Wildman–Crippen MR) is 87.0 cm³/mol. The summed E-state index contributed by atoms with van der Waals surface area (Å²) in [5.41, 5.74) is 1.45. The van der Waals surface area contributed by atoms with Gasteiger partial charge < -0.3 is 5.32 Å². The maximum absolute atomic E-state index is 12.2. The summed E-state index contributed by atoms with van der Waals surface area (Å²) >= 11 is 5.95. The van der Waals surface area contributed by atoms with Crippen LogP contribution in [0.5, 0.6) is 0 Å². The molecule has 2 aromatic heterocycles. The molecule has 1 aliphatic rings. The summed E-state index contributed by atoms with van der Waals surface area (Å²) in [5.74, 6) is -0.233. The zero-order valence-corrected chi connectivity index (χ0v) is 13.4. The fourth-order valence-corrected chi connectivity index (χ4v) is 2.91. The Morgan fingerprint density at radius 2 is 2.13 bits per heavy atom. The molecule has 23 heavy (non-hydrogen) atoms. The number of amides is 1. The molecule has 0 unspecified atom stereocenters. The average molecular weight is 332 g/mol. The second kappa shape index (κ2) is 7.48. The average Bonchev–Trinajstić information content (AvgIpc) is 2.58. The summed E-state index contributed by atoms with van der Waals surface area (Å²) in [5, 5.41) is 3.28. The highest BCUT2D eigenvalue weighted by Gasteiger charge is 2.22. The number of likely N-dealkylation sites (tertiary alicyclic amines) is 1. The Hall–Kier alpha value is -2.05. The lowest BCUT2D eigenvalue weighted by Gasteiger charge is -2.32. The van der Waals surface area contributed by atoms with Crippen molar-refractivity contribution >= 4 is 17.5 Å². The normalized spacial score (nSPS) is 16.2. The molecule has 1 N–H and O–H groups in total. The first-order valence-corrected chi connectivity index (χ1v) is 7.98. The lowest BCUT2D eigenvalue weighted by Crippen LogP contribution is -2.44. The van der Waals surface area contributed by atoms with Crippen molar-refractivity contribution in [2.45, 2.75) is 25.4 Å². The molecule has 0 spiro atoms. The lowest BCUT2D eigenvalue weighted by atomic mass is 10.0. The molecule has 0 aromatic carbocycles. The number of hydrogen-bond donors (Lipinski definition) is 1. The molecular weight excluding hydrogens is 314 g/mol. The van der Waals surface area contributed by atoms with E-state index in [1.165, 1.54) is 18.1 Å². The Kier molecular flexibility index (Phi) is 5.15. The number of nitrogens with zero attached hydrogens (tertiary/aromatic N) is 4. The van der Waals surface area contributed by atoms with Gasteiger partial charge in [0.25, 0.3) is 5.91 Å². The van der Waals surface area contributed by atoms with Gasteiger partial charge in [0.15, 0.2) is 0 Å². The van der Waals surface area contributed by atoms with E-state index >= 15 is 0 Å². The highest BCUT2D eigenvalue weighted by Crippen LogP contribution is 2.15. The van der Waals surface area contributed by atoms with Crippen LogP contribution in [0.1, 0.15) is 28.9 Å². The summed E-state index contributed by atoms with van der Waals surface area (Å²) in [7, 11) is 0. The van der Waals surface area contributed by atoms with Gasteiger partial charge >= 0.3 is 0 Å². The van der Waals surface area contributed by atoms with Gasteiger partial charge in [-0.05, 0) is 24.5 Å². The summed E-state index contributed by atoms with van der Waals surface area (Å²) in [6, 6.07) is 4.19. The Balaban J connectivity index is 1.49. The predicted octanol–water partition coefficient (Wildman–Crippen LogP) is 1.92. The summed E-state index contributed by atoms with van der Waals surface area (Å²) in [4.78, 5) is 26.4. The molecule has 1 fully saturated rings. The van der Waals surface area contributed by atoms with Crippen LogP contribution in [-0.4, -0.2) is 44.9 Å². The molecule has 0 bridgehead atoms. The maximum Gasteiger partial charge on any atom is 0.271 e. The van der Waals surface area contributed by atoms with E-state index < -0.39 is 0 Å². The van der Waals surface area contributed by atoms with E-state index in [1.807, 2.05) is 12.3 Å². The Labute approximate surface area is 139 Å². The molecule has 0 atom stereocenters. The molecule has 0 radical (unpaired) electrons. The maximum atomic E-state index is 12.2. The largest absolute Gasteiger partial charge is 0.348 e. The third-order valence-electron chi connectivity index (χ3n) is 3.93. The summed E-state index contributed by atoms with van der Waals surface area (Å²) in [6.07, 6.45) is 8.26. The van der Waals surface area contributed by atoms with Crippen molar-refractivity contribution in [3.05, 3.63) is 53.3 Å². The minimum Gasteiger partial charge on any atom is -0.348 e. The number of halogens is 1. The van der Waals surface area contributed by atoms with Gasteiger partial charge in [-0.3, -0.25) is 14.7 Å². The van der Waals surface area contributed by atoms with Crippen LogP contribution in [0.4, 0.5) is 0 Å². The van der Waals surface area contributed by atoms with E-state index in [1.54, 1.807) is 6.20 Å². The number of carbonyl (C=O) groups excluding carboxylic acids is 1. The lowest BCUT2D eigenvalue weighted by molar-refractivity contribution is 0.0904. The quantitative estimate of drug-likeness (QED) is 0.926. The van der Waals surface area contributed by atoms with Gasteiger partial charge in [0.05, 0.1) is 5.02 Å². The smallest absolute Gasteiger partial charge is 0.271 e. The van der Waals surface area contributed by atoms with Gasteiger partial charge in [0, 0.05) is 44.3 Å². The summed E-state index contributed by atoms with van der Waals surface area (Å²) < 4.78 is 0. The monoisotopic (exact) mass is 331 g/mol. The van der Waals surface area contributed by atoms with Crippen molar-refractivity contribution in [1.82, 2.24) is 25.2 Å². The van der Waals surface area contributed by atoms with Crippen molar-refractivity contribution in [2.75, 3.05) is 13.1 Å². The molecule has 3 rings (SSSR count). The van der Waals surface area contributed by atoms with Crippen LogP contribution in [0.15, 0.2) is 37.1 Å². The number of rotatable bonds is 4. The molecule has 0 aliphatic carbocycles. The number of carbonyl (C=O) groups is 1. The number of pyridine rings is 1. The summed E-state index contributed by atoms with van der Waals surface area (Å²) in [6.45, 7) is 2.78. The molecule has 6 nitrogen and oxygen atoms in total.